The van der Waals surface area contributed by atoms with Crippen LogP contribution in [0.4, 0.5) is 0 Å². The molecule has 0 atom stereocenters. The molecule has 2 nitrogen and oxygen atoms in total. The van der Waals surface area contributed by atoms with Gasteiger partial charge in [-0.2, -0.15) is 0 Å². The fourth-order valence-corrected chi connectivity index (χ4v) is 0.374. The first kappa shape index (κ1) is 12.6. The largest absolute Gasteiger partial charge is 2.00 e. The second-order valence-corrected chi connectivity index (χ2v) is 2.99. The van der Waals surface area contributed by atoms with Crippen molar-refractivity contribution in [3.8, 4) is 0 Å². The average Bonchev–Trinajstić information content (AvgIpc) is 1.62. The smallest absolute Gasteiger partial charge is 0.517 e. The van der Waals surface area contributed by atoms with E-state index in [0.29, 0.717) is 0 Å². The van der Waals surface area contributed by atoms with E-state index in [9.17, 15) is 4.79 Å². The van der Waals surface area contributed by atoms with Gasteiger partial charge in [-0.1, -0.05) is 0 Å². The van der Waals surface area contributed by atoms with Crippen LogP contribution in [0.5, 0.6) is 0 Å². The Bertz CT molecular complexity index is 117. The quantitative estimate of drug-likeness (QED) is 0.511. The number of rotatable bonds is 0. The van der Waals surface area contributed by atoms with Crippen LogP contribution in [0.1, 0.15) is 20.8 Å². The van der Waals surface area contributed by atoms with E-state index in [0.717, 1.165) is 0 Å². The Morgan fingerprint density at radius 3 is 1.70 bits per heavy atom. The predicted octanol–water partition coefficient (Wildman–Crippen LogP) is 1.24. The van der Waals surface area contributed by atoms with E-state index >= 15 is 0 Å². The molecule has 0 bridgehead atoms. The summed E-state index contributed by atoms with van der Waals surface area (Å²) in [6, 6.07) is 0. The Morgan fingerprint density at radius 1 is 1.40 bits per heavy atom. The number of nitrogens with zero attached hydrogens (tertiary/aromatic N) is 1. The van der Waals surface area contributed by atoms with E-state index in [2.05, 4.69) is 14.0 Å². The molecule has 0 unspecified atom stereocenters. The molecule has 3 heteroatoms. The van der Waals surface area contributed by atoms with Crippen LogP contribution >= 0.6 is 0 Å². The third-order valence-electron chi connectivity index (χ3n) is 1.11. The van der Waals surface area contributed by atoms with Gasteiger partial charge in [-0.15, -0.1) is 0 Å². The topological polar surface area (TPSA) is 20.3 Å². The summed E-state index contributed by atoms with van der Waals surface area (Å²) in [4.78, 5) is 11.9. The molecule has 0 aromatic rings. The monoisotopic (exact) mass is 178 g/mol. The van der Waals surface area contributed by atoms with E-state index in [-0.39, 0.29) is 30.0 Å². The normalized spacial score (nSPS) is 10.0. The van der Waals surface area contributed by atoms with E-state index in [1.54, 1.807) is 0 Å². The molecule has 0 spiro atoms. The van der Waals surface area contributed by atoms with Gasteiger partial charge in [0.2, 0.25) is 0 Å². The summed E-state index contributed by atoms with van der Waals surface area (Å²) in [7, 11) is 3.53. The van der Waals surface area contributed by atoms with Gasteiger partial charge in [-0.3, -0.25) is 7.05 Å². The summed E-state index contributed by atoms with van der Waals surface area (Å²) in [6.07, 6.45) is 0. The Hall–Kier alpha value is -0.0756. The van der Waals surface area contributed by atoms with Crippen LogP contribution in [0.3, 0.4) is 0 Å². The van der Waals surface area contributed by atoms with E-state index in [1.165, 1.54) is 4.90 Å². The fraction of sp³-hybridized carbons (Fsp3) is 0.571. The third kappa shape index (κ3) is 3.86. The third-order valence-corrected chi connectivity index (χ3v) is 1.11. The van der Waals surface area contributed by atoms with Crippen LogP contribution < -0.4 is 0 Å². The van der Waals surface area contributed by atoms with Gasteiger partial charge in [0.15, 0.2) is 0 Å². The molecule has 0 aliphatic rings. The number of hydrogen-bond donors (Lipinski definition) is 0. The summed E-state index contributed by atoms with van der Waals surface area (Å²) in [5.74, 6) is -0.248. The van der Waals surface area contributed by atoms with Gasteiger partial charge < -0.3 is 16.6 Å². The van der Waals surface area contributed by atoms with Gasteiger partial charge in [0.25, 0.3) is 0 Å². The number of carbonyl (C=O) groups excluding carboxylic acids is 1. The predicted molar refractivity (Wildman–Crippen MR) is 37.3 cm³/mol. The second-order valence-electron chi connectivity index (χ2n) is 2.99. The van der Waals surface area contributed by atoms with Crippen LogP contribution in [0.15, 0.2) is 0 Å². The molecule has 0 saturated heterocycles. The minimum absolute atomic E-state index is 0. The van der Waals surface area contributed by atoms with Crippen molar-refractivity contribution in [2.45, 2.75) is 26.3 Å². The minimum atomic E-state index is -0.248. The molecule has 0 rings (SSSR count). The minimum Gasteiger partial charge on any atom is -0.517 e. The van der Waals surface area contributed by atoms with E-state index in [4.69, 9.17) is 0 Å². The van der Waals surface area contributed by atoms with Crippen LogP contribution in [-0.4, -0.2) is 16.3 Å². The maximum Gasteiger partial charge on any atom is 2.00 e. The number of amides is 1. The van der Waals surface area contributed by atoms with Crippen molar-refractivity contribution < 1.29 is 23.4 Å². The molecule has 0 aliphatic heterocycles. The molecular weight excluding hydrogens is 165 g/mol. The van der Waals surface area contributed by atoms with Crippen molar-refractivity contribution in [3.63, 3.8) is 0 Å². The average molecular weight is 178 g/mol. The fourth-order valence-electron chi connectivity index (χ4n) is 0.374. The second kappa shape index (κ2) is 3.94. The zero-order valence-corrected chi connectivity index (χ0v) is 8.11. The first-order valence-corrected chi connectivity index (χ1v) is 2.82. The molecule has 0 aromatic carbocycles. The molecular formula is C7H13NOV. The van der Waals surface area contributed by atoms with Crippen molar-refractivity contribution in [2.75, 3.05) is 0 Å². The maximum absolute atomic E-state index is 10.5. The Morgan fingerprint density at radius 2 is 1.70 bits per heavy atom. The van der Waals surface area contributed by atoms with Gasteiger partial charge in [0, 0.05) is 5.54 Å². The van der Waals surface area contributed by atoms with Crippen LogP contribution in [0.2, 0.25) is 0 Å². The molecule has 0 heterocycles. The zero-order chi connectivity index (χ0) is 7.65. The molecule has 0 aliphatic carbocycles. The first-order chi connectivity index (χ1) is 3.85. The van der Waals surface area contributed by atoms with Gasteiger partial charge >= 0.3 is 18.6 Å². The zero-order valence-electron chi connectivity index (χ0n) is 6.72. The van der Waals surface area contributed by atoms with Crippen molar-refractivity contribution in [2.24, 2.45) is 0 Å². The Balaban J connectivity index is 0. The van der Waals surface area contributed by atoms with Crippen LogP contribution in [0, 0.1) is 14.0 Å². The SMILES string of the molecule is [CH2-]C(=O)N([CH2-])C(C)(C)C.[V+2]. The summed E-state index contributed by atoms with van der Waals surface area (Å²) in [6.45, 7) is 8.95. The van der Waals surface area contributed by atoms with E-state index in [1.807, 2.05) is 20.8 Å². The van der Waals surface area contributed by atoms with Gasteiger partial charge in [0.05, 0.1) is 5.91 Å². The molecule has 1 radical (unpaired) electrons. The maximum atomic E-state index is 10.5. The summed E-state index contributed by atoms with van der Waals surface area (Å²) < 4.78 is 0. The number of hydrogen-bond acceptors (Lipinski definition) is 1. The van der Waals surface area contributed by atoms with Crippen LogP contribution in [-0.2, 0) is 23.4 Å². The van der Waals surface area contributed by atoms with Gasteiger partial charge in [0.1, 0.15) is 0 Å². The van der Waals surface area contributed by atoms with E-state index < -0.39 is 0 Å². The molecule has 0 aromatic heterocycles. The molecule has 0 saturated carbocycles. The summed E-state index contributed by atoms with van der Waals surface area (Å²) in [5, 5.41) is 0. The standard InChI is InChI=1S/C7H13NO.V/c1-6(9)8(5)7(2,3)4;/h1,5H2,2-4H3;/q-2;+2. The summed E-state index contributed by atoms with van der Waals surface area (Å²) >= 11 is 0. The molecule has 1 amide bonds. The van der Waals surface area contributed by atoms with Crippen molar-refractivity contribution in [3.05, 3.63) is 14.0 Å². The Kier molecular flexibility index (Phi) is 4.96. The van der Waals surface area contributed by atoms with Gasteiger partial charge in [-0.05, 0) is 20.8 Å². The van der Waals surface area contributed by atoms with Crippen molar-refractivity contribution >= 4 is 5.91 Å². The molecule has 57 valence electrons. The molecule has 0 N–H and O–H groups in total. The van der Waals surface area contributed by atoms with Gasteiger partial charge in [-0.25, -0.2) is 0 Å². The van der Waals surface area contributed by atoms with Crippen molar-refractivity contribution in [1.29, 1.82) is 0 Å². The Labute approximate surface area is 74.9 Å². The molecule has 0 fully saturated rings. The first-order valence-electron chi connectivity index (χ1n) is 2.82. The molecule has 10 heavy (non-hydrogen) atoms. The number of carbonyl (C=O) groups is 1. The summed E-state index contributed by atoms with van der Waals surface area (Å²) in [5.41, 5.74) is -0.209. The van der Waals surface area contributed by atoms with Crippen molar-refractivity contribution in [1.82, 2.24) is 4.90 Å². The van der Waals surface area contributed by atoms with Crippen LogP contribution in [0.25, 0.3) is 0 Å².